The Morgan fingerprint density at radius 3 is 2.96 bits per heavy atom. The lowest BCUT2D eigenvalue weighted by molar-refractivity contribution is 0.0943. The minimum absolute atomic E-state index is 0.240. The molecule has 0 unspecified atom stereocenters. The van der Waals surface area contributed by atoms with E-state index in [0.717, 1.165) is 24.3 Å². The molecule has 0 atom stereocenters. The Labute approximate surface area is 145 Å². The molecule has 0 spiro atoms. The molecule has 6 nitrogen and oxygen atoms in total. The van der Waals surface area contributed by atoms with Crippen molar-refractivity contribution in [1.29, 1.82) is 0 Å². The van der Waals surface area contributed by atoms with Gasteiger partial charge >= 0.3 is 0 Å². The topological polar surface area (TPSA) is 71.3 Å². The van der Waals surface area contributed by atoms with E-state index in [1.807, 2.05) is 25.1 Å². The minimum atomic E-state index is -0.240. The van der Waals surface area contributed by atoms with Crippen molar-refractivity contribution in [3.05, 3.63) is 71.4 Å². The van der Waals surface area contributed by atoms with Crippen LogP contribution in [0.2, 0.25) is 0 Å². The number of para-hydroxylation sites is 1. The fraction of sp³-hybridized carbons (Fsp3) is 0.211. The van der Waals surface area contributed by atoms with E-state index >= 15 is 0 Å². The summed E-state index contributed by atoms with van der Waals surface area (Å²) in [5, 5.41) is 2.82. The van der Waals surface area contributed by atoms with Gasteiger partial charge < -0.3 is 14.6 Å². The molecule has 0 saturated heterocycles. The number of anilines is 2. The number of nitrogens with one attached hydrogen (secondary N) is 1. The highest BCUT2D eigenvalue weighted by atomic mass is 16.3. The summed E-state index contributed by atoms with van der Waals surface area (Å²) in [6, 6.07) is 13.5. The molecule has 0 saturated carbocycles. The van der Waals surface area contributed by atoms with E-state index in [1.165, 1.54) is 5.56 Å². The number of nitrogens with zero attached hydrogens (tertiary/aromatic N) is 3. The van der Waals surface area contributed by atoms with Crippen LogP contribution in [0.1, 0.15) is 27.5 Å². The number of carbonyl (C=O) groups excluding carboxylic acids is 1. The summed E-state index contributed by atoms with van der Waals surface area (Å²) >= 11 is 0. The van der Waals surface area contributed by atoms with Gasteiger partial charge in [-0.2, -0.15) is 0 Å². The molecule has 1 N–H and O–H groups in total. The predicted molar refractivity (Wildman–Crippen MR) is 93.8 cm³/mol. The maximum Gasteiger partial charge on any atom is 0.270 e. The zero-order valence-electron chi connectivity index (χ0n) is 13.9. The Bertz CT molecular complexity index is 906. The smallest absolute Gasteiger partial charge is 0.270 e. The van der Waals surface area contributed by atoms with Crippen molar-refractivity contribution in [2.75, 3.05) is 11.4 Å². The molecule has 0 fully saturated rings. The molecule has 1 aliphatic rings. The molecule has 4 rings (SSSR count). The van der Waals surface area contributed by atoms with E-state index in [2.05, 4.69) is 32.3 Å². The van der Waals surface area contributed by atoms with Crippen LogP contribution in [0.3, 0.4) is 0 Å². The van der Waals surface area contributed by atoms with Crippen LogP contribution in [0, 0.1) is 6.92 Å². The Morgan fingerprint density at radius 2 is 2.12 bits per heavy atom. The van der Waals surface area contributed by atoms with E-state index < -0.39 is 0 Å². The number of amides is 1. The average molecular weight is 334 g/mol. The maximum atomic E-state index is 12.4. The third kappa shape index (κ3) is 3.10. The summed E-state index contributed by atoms with van der Waals surface area (Å²) in [5.74, 6) is 1.02. The molecule has 1 amide bonds. The maximum absolute atomic E-state index is 12.4. The monoisotopic (exact) mass is 334 g/mol. The fourth-order valence-electron chi connectivity index (χ4n) is 3.01. The molecule has 6 heteroatoms. The van der Waals surface area contributed by atoms with Crippen molar-refractivity contribution >= 4 is 17.5 Å². The van der Waals surface area contributed by atoms with Gasteiger partial charge in [0.05, 0.1) is 12.8 Å². The quantitative estimate of drug-likeness (QED) is 0.794. The number of hydrogen-bond donors (Lipinski definition) is 1. The number of rotatable bonds is 4. The van der Waals surface area contributed by atoms with Crippen molar-refractivity contribution in [3.8, 4) is 0 Å². The fourth-order valence-corrected chi connectivity index (χ4v) is 3.01. The third-order valence-corrected chi connectivity index (χ3v) is 4.21. The second kappa shape index (κ2) is 6.39. The number of hydrogen-bond acceptors (Lipinski definition) is 5. The molecule has 0 aliphatic carbocycles. The number of benzene rings is 1. The van der Waals surface area contributed by atoms with Gasteiger partial charge in [0, 0.05) is 17.9 Å². The van der Waals surface area contributed by atoms with Gasteiger partial charge in [-0.3, -0.25) is 4.79 Å². The van der Waals surface area contributed by atoms with Crippen LogP contribution in [-0.2, 0) is 13.0 Å². The highest BCUT2D eigenvalue weighted by Crippen LogP contribution is 2.32. The van der Waals surface area contributed by atoms with Crippen molar-refractivity contribution in [2.45, 2.75) is 19.9 Å². The van der Waals surface area contributed by atoms with Crippen LogP contribution in [-0.4, -0.2) is 22.4 Å². The molecule has 1 aromatic carbocycles. The lowest BCUT2D eigenvalue weighted by Crippen LogP contribution is -2.25. The van der Waals surface area contributed by atoms with Crippen molar-refractivity contribution < 1.29 is 9.21 Å². The van der Waals surface area contributed by atoms with Gasteiger partial charge in [-0.05, 0) is 43.2 Å². The summed E-state index contributed by atoms with van der Waals surface area (Å²) in [5.41, 5.74) is 3.50. The highest BCUT2D eigenvalue weighted by molar-refractivity contribution is 5.92. The van der Waals surface area contributed by atoms with E-state index in [4.69, 9.17) is 4.42 Å². The molecule has 1 aliphatic heterocycles. The van der Waals surface area contributed by atoms with Crippen LogP contribution < -0.4 is 10.2 Å². The van der Waals surface area contributed by atoms with Gasteiger partial charge in [0.25, 0.3) is 5.91 Å². The predicted octanol–water partition coefficient (Wildman–Crippen LogP) is 3.00. The summed E-state index contributed by atoms with van der Waals surface area (Å²) < 4.78 is 5.23. The SMILES string of the molecule is Cc1cc(C(=O)NCc2ccco2)nc(N2CCc3ccccc32)n1. The van der Waals surface area contributed by atoms with Gasteiger partial charge in [0.1, 0.15) is 11.5 Å². The van der Waals surface area contributed by atoms with E-state index in [9.17, 15) is 4.79 Å². The van der Waals surface area contributed by atoms with Crippen molar-refractivity contribution in [3.63, 3.8) is 0 Å². The Hall–Kier alpha value is -3.15. The molecule has 25 heavy (non-hydrogen) atoms. The first-order valence-electron chi connectivity index (χ1n) is 8.22. The van der Waals surface area contributed by atoms with Gasteiger partial charge in [-0.15, -0.1) is 0 Å². The van der Waals surface area contributed by atoms with Crippen LogP contribution in [0.4, 0.5) is 11.6 Å². The summed E-state index contributed by atoms with van der Waals surface area (Å²) in [6.45, 7) is 3.02. The molecule has 2 aromatic heterocycles. The molecular weight excluding hydrogens is 316 g/mol. The standard InChI is InChI=1S/C19H18N4O2/c1-13-11-16(18(24)20-12-15-6-4-10-25-15)22-19(21-13)23-9-8-14-5-2-3-7-17(14)23/h2-7,10-11H,8-9,12H2,1H3,(H,20,24). The van der Waals surface area contributed by atoms with E-state index in [-0.39, 0.29) is 5.91 Å². The third-order valence-electron chi connectivity index (χ3n) is 4.21. The van der Waals surface area contributed by atoms with Gasteiger partial charge in [0.15, 0.2) is 0 Å². The average Bonchev–Trinajstić information content (AvgIpc) is 3.28. The second-order valence-electron chi connectivity index (χ2n) is 5.99. The first kappa shape index (κ1) is 15.4. The molecule has 126 valence electrons. The highest BCUT2D eigenvalue weighted by Gasteiger charge is 2.23. The zero-order chi connectivity index (χ0) is 17.2. The molecule has 3 heterocycles. The van der Waals surface area contributed by atoms with Crippen LogP contribution in [0.5, 0.6) is 0 Å². The Morgan fingerprint density at radius 1 is 1.24 bits per heavy atom. The van der Waals surface area contributed by atoms with Crippen LogP contribution >= 0.6 is 0 Å². The minimum Gasteiger partial charge on any atom is -0.467 e. The molecule has 0 bridgehead atoms. The van der Waals surface area contributed by atoms with Crippen molar-refractivity contribution in [1.82, 2.24) is 15.3 Å². The molecule has 0 radical (unpaired) electrons. The Kier molecular flexibility index (Phi) is 3.93. The number of aromatic nitrogens is 2. The molecule has 3 aromatic rings. The first-order chi connectivity index (χ1) is 12.2. The van der Waals surface area contributed by atoms with Gasteiger partial charge in [0.2, 0.25) is 5.95 Å². The number of aryl methyl sites for hydroxylation is 1. The second-order valence-corrected chi connectivity index (χ2v) is 5.99. The summed E-state index contributed by atoms with van der Waals surface area (Å²) in [4.78, 5) is 23.5. The zero-order valence-corrected chi connectivity index (χ0v) is 13.9. The van der Waals surface area contributed by atoms with Crippen LogP contribution in [0.15, 0.2) is 53.1 Å². The number of furan rings is 1. The molecular formula is C19H18N4O2. The van der Waals surface area contributed by atoms with E-state index in [1.54, 1.807) is 18.4 Å². The van der Waals surface area contributed by atoms with Gasteiger partial charge in [-0.1, -0.05) is 18.2 Å². The number of carbonyl (C=O) groups is 1. The lowest BCUT2D eigenvalue weighted by atomic mass is 10.2. The van der Waals surface area contributed by atoms with Crippen LogP contribution in [0.25, 0.3) is 0 Å². The largest absolute Gasteiger partial charge is 0.467 e. The van der Waals surface area contributed by atoms with Gasteiger partial charge in [-0.25, -0.2) is 9.97 Å². The normalized spacial score (nSPS) is 12.9. The summed E-state index contributed by atoms with van der Waals surface area (Å²) in [7, 11) is 0. The Balaban J connectivity index is 1.58. The number of fused-ring (bicyclic) bond motifs is 1. The van der Waals surface area contributed by atoms with E-state index in [0.29, 0.717) is 23.9 Å². The summed E-state index contributed by atoms with van der Waals surface area (Å²) in [6.07, 6.45) is 2.53. The first-order valence-corrected chi connectivity index (χ1v) is 8.22. The lowest BCUT2D eigenvalue weighted by Gasteiger charge is -2.18. The van der Waals surface area contributed by atoms with Crippen molar-refractivity contribution in [2.24, 2.45) is 0 Å².